The Hall–Kier alpha value is -1.48. The predicted molar refractivity (Wildman–Crippen MR) is 89.4 cm³/mol. The third-order valence-corrected chi connectivity index (χ3v) is 4.36. The number of benzene rings is 2. The summed E-state index contributed by atoms with van der Waals surface area (Å²) in [6, 6.07) is 19.7. The van der Waals surface area contributed by atoms with Crippen molar-refractivity contribution in [2.75, 3.05) is 23.3 Å². The number of para-hydroxylation sites is 1. The van der Waals surface area contributed by atoms with Crippen molar-refractivity contribution in [2.45, 2.75) is 18.9 Å². The van der Waals surface area contributed by atoms with Gasteiger partial charge in [0.1, 0.15) is 0 Å². The van der Waals surface area contributed by atoms with Gasteiger partial charge in [-0.2, -0.15) is 0 Å². The van der Waals surface area contributed by atoms with Crippen molar-refractivity contribution in [2.24, 2.45) is 0 Å². The highest BCUT2D eigenvalue weighted by Gasteiger charge is 2.18. The molecule has 0 unspecified atom stereocenters. The molecule has 1 fully saturated rings. The molecule has 1 aliphatic heterocycles. The number of piperidine rings is 1. The van der Waals surface area contributed by atoms with E-state index in [1.54, 1.807) is 0 Å². The van der Waals surface area contributed by atoms with Gasteiger partial charge in [0.05, 0.1) is 0 Å². The summed E-state index contributed by atoms with van der Waals surface area (Å²) in [5.41, 5.74) is 2.56. The number of nitrogens with zero attached hydrogens (tertiary/aromatic N) is 1. The van der Waals surface area contributed by atoms with Crippen LogP contribution in [0.2, 0.25) is 0 Å². The SMILES string of the molecule is Brc1ccc(NC2CCN(c3ccccc3)CC2)cc1. The Morgan fingerprint density at radius 2 is 1.55 bits per heavy atom. The van der Waals surface area contributed by atoms with Crippen LogP contribution < -0.4 is 10.2 Å². The lowest BCUT2D eigenvalue weighted by Gasteiger charge is -2.34. The molecule has 104 valence electrons. The maximum absolute atomic E-state index is 3.63. The molecule has 0 amide bonds. The molecule has 1 aliphatic rings. The first-order valence-electron chi connectivity index (χ1n) is 7.13. The fraction of sp³-hybridized carbons (Fsp3) is 0.294. The van der Waals surface area contributed by atoms with Gasteiger partial charge >= 0.3 is 0 Å². The van der Waals surface area contributed by atoms with Crippen molar-refractivity contribution in [3.63, 3.8) is 0 Å². The first kappa shape index (κ1) is 13.5. The Bertz CT molecular complexity index is 531. The molecule has 2 nitrogen and oxygen atoms in total. The standard InChI is InChI=1S/C17H19BrN2/c18-14-6-8-15(9-7-14)19-16-10-12-20(13-11-16)17-4-2-1-3-5-17/h1-9,16,19H,10-13H2. The smallest absolute Gasteiger partial charge is 0.0366 e. The lowest BCUT2D eigenvalue weighted by molar-refractivity contribution is 0.527. The first-order valence-corrected chi connectivity index (χ1v) is 7.93. The summed E-state index contributed by atoms with van der Waals surface area (Å²) in [6.45, 7) is 2.25. The van der Waals surface area contributed by atoms with E-state index < -0.39 is 0 Å². The van der Waals surface area contributed by atoms with Gasteiger partial charge in [-0.05, 0) is 49.2 Å². The fourth-order valence-electron chi connectivity index (χ4n) is 2.70. The van der Waals surface area contributed by atoms with Crippen LogP contribution in [0, 0.1) is 0 Å². The topological polar surface area (TPSA) is 15.3 Å². The van der Waals surface area contributed by atoms with Gasteiger partial charge < -0.3 is 10.2 Å². The second-order valence-electron chi connectivity index (χ2n) is 5.25. The molecule has 0 saturated carbocycles. The molecule has 0 aromatic heterocycles. The second-order valence-corrected chi connectivity index (χ2v) is 6.16. The largest absolute Gasteiger partial charge is 0.382 e. The molecule has 3 heteroatoms. The highest BCUT2D eigenvalue weighted by Crippen LogP contribution is 2.22. The molecule has 20 heavy (non-hydrogen) atoms. The van der Waals surface area contributed by atoms with E-state index in [-0.39, 0.29) is 0 Å². The minimum Gasteiger partial charge on any atom is -0.382 e. The van der Waals surface area contributed by atoms with Crippen molar-refractivity contribution in [1.82, 2.24) is 0 Å². The monoisotopic (exact) mass is 330 g/mol. The number of rotatable bonds is 3. The summed E-state index contributed by atoms with van der Waals surface area (Å²) in [7, 11) is 0. The zero-order valence-corrected chi connectivity index (χ0v) is 13.0. The number of hydrogen-bond acceptors (Lipinski definition) is 2. The molecular weight excluding hydrogens is 312 g/mol. The summed E-state index contributed by atoms with van der Waals surface area (Å²) in [6.07, 6.45) is 2.37. The summed E-state index contributed by atoms with van der Waals surface area (Å²) in [5.74, 6) is 0. The molecule has 3 rings (SSSR count). The average Bonchev–Trinajstić information content (AvgIpc) is 2.51. The Kier molecular flexibility index (Phi) is 4.26. The van der Waals surface area contributed by atoms with E-state index in [1.807, 2.05) is 0 Å². The summed E-state index contributed by atoms with van der Waals surface area (Å²) >= 11 is 3.47. The van der Waals surface area contributed by atoms with E-state index in [0.29, 0.717) is 6.04 Å². The van der Waals surface area contributed by atoms with Crippen LogP contribution in [0.5, 0.6) is 0 Å². The number of hydrogen-bond donors (Lipinski definition) is 1. The molecular formula is C17H19BrN2. The number of halogens is 1. The molecule has 1 saturated heterocycles. The zero-order valence-electron chi connectivity index (χ0n) is 11.4. The average molecular weight is 331 g/mol. The predicted octanol–water partition coefficient (Wildman–Crippen LogP) is 4.53. The van der Waals surface area contributed by atoms with Crippen molar-refractivity contribution in [3.8, 4) is 0 Å². The van der Waals surface area contributed by atoms with Crippen LogP contribution in [-0.4, -0.2) is 19.1 Å². The lowest BCUT2D eigenvalue weighted by Crippen LogP contribution is -2.39. The quantitative estimate of drug-likeness (QED) is 0.889. The van der Waals surface area contributed by atoms with Crippen LogP contribution in [0.4, 0.5) is 11.4 Å². The normalized spacial score (nSPS) is 16.1. The first-order chi connectivity index (χ1) is 9.81. The van der Waals surface area contributed by atoms with Crippen LogP contribution in [0.1, 0.15) is 12.8 Å². The highest BCUT2D eigenvalue weighted by molar-refractivity contribution is 9.10. The summed E-state index contributed by atoms with van der Waals surface area (Å²) in [4.78, 5) is 2.47. The van der Waals surface area contributed by atoms with Gasteiger partial charge in [0.15, 0.2) is 0 Å². The van der Waals surface area contributed by atoms with Crippen molar-refractivity contribution in [1.29, 1.82) is 0 Å². The van der Waals surface area contributed by atoms with E-state index in [9.17, 15) is 0 Å². The van der Waals surface area contributed by atoms with Gasteiger partial charge in [-0.3, -0.25) is 0 Å². The van der Waals surface area contributed by atoms with Crippen molar-refractivity contribution < 1.29 is 0 Å². The second kappa shape index (κ2) is 6.31. The van der Waals surface area contributed by atoms with Gasteiger partial charge in [0.25, 0.3) is 0 Å². The van der Waals surface area contributed by atoms with Crippen LogP contribution in [-0.2, 0) is 0 Å². The zero-order chi connectivity index (χ0) is 13.8. The maximum atomic E-state index is 3.63. The van der Waals surface area contributed by atoms with E-state index >= 15 is 0 Å². The molecule has 0 spiro atoms. The third kappa shape index (κ3) is 3.34. The minimum atomic E-state index is 0.580. The lowest BCUT2D eigenvalue weighted by atomic mass is 10.0. The third-order valence-electron chi connectivity index (χ3n) is 3.83. The Morgan fingerprint density at radius 3 is 2.20 bits per heavy atom. The molecule has 0 bridgehead atoms. The van der Waals surface area contributed by atoms with Crippen LogP contribution >= 0.6 is 15.9 Å². The van der Waals surface area contributed by atoms with Crippen molar-refractivity contribution >= 4 is 27.3 Å². The number of nitrogens with one attached hydrogen (secondary N) is 1. The van der Waals surface area contributed by atoms with E-state index in [4.69, 9.17) is 0 Å². The molecule has 0 aliphatic carbocycles. The van der Waals surface area contributed by atoms with Crippen molar-refractivity contribution in [3.05, 3.63) is 59.1 Å². The van der Waals surface area contributed by atoms with Gasteiger partial charge in [-0.25, -0.2) is 0 Å². The number of anilines is 2. The summed E-state index contributed by atoms with van der Waals surface area (Å²) < 4.78 is 1.13. The molecule has 1 heterocycles. The van der Waals surface area contributed by atoms with Crippen LogP contribution in [0.25, 0.3) is 0 Å². The Balaban J connectivity index is 1.55. The fourth-order valence-corrected chi connectivity index (χ4v) is 2.97. The summed E-state index contributed by atoms with van der Waals surface area (Å²) in [5, 5.41) is 3.63. The Morgan fingerprint density at radius 1 is 0.900 bits per heavy atom. The van der Waals surface area contributed by atoms with Gasteiger partial charge in [-0.15, -0.1) is 0 Å². The molecule has 2 aromatic rings. The Labute approximate surface area is 128 Å². The molecule has 0 radical (unpaired) electrons. The molecule has 0 atom stereocenters. The van der Waals surface area contributed by atoms with E-state index in [2.05, 4.69) is 80.7 Å². The van der Waals surface area contributed by atoms with Crippen LogP contribution in [0.15, 0.2) is 59.1 Å². The molecule has 1 N–H and O–H groups in total. The minimum absolute atomic E-state index is 0.580. The van der Waals surface area contributed by atoms with Gasteiger partial charge in [0.2, 0.25) is 0 Å². The van der Waals surface area contributed by atoms with E-state index in [1.165, 1.54) is 24.2 Å². The molecule has 2 aromatic carbocycles. The van der Waals surface area contributed by atoms with Gasteiger partial charge in [-0.1, -0.05) is 34.1 Å². The maximum Gasteiger partial charge on any atom is 0.0366 e. The van der Waals surface area contributed by atoms with Crippen LogP contribution in [0.3, 0.4) is 0 Å². The van der Waals surface area contributed by atoms with E-state index in [0.717, 1.165) is 17.6 Å². The van der Waals surface area contributed by atoms with Gasteiger partial charge in [0, 0.05) is 35.0 Å². The highest BCUT2D eigenvalue weighted by atomic mass is 79.9.